The third-order valence-corrected chi connectivity index (χ3v) is 4.80. The third-order valence-electron chi connectivity index (χ3n) is 4.49. The Hall–Kier alpha value is -3.11. The fraction of sp³-hybridized carbons (Fsp3) is 0.167. The van der Waals surface area contributed by atoms with Crippen LogP contribution in [0.4, 0.5) is 0 Å². The molecule has 0 aliphatic carbocycles. The molecule has 0 aromatic heterocycles. The molecule has 0 radical (unpaired) electrons. The molecule has 3 aromatic carbocycles. The quantitative estimate of drug-likeness (QED) is 0.550. The predicted octanol–water partition coefficient (Wildman–Crippen LogP) is 5.16. The molecule has 0 saturated carbocycles. The van der Waals surface area contributed by atoms with Crippen molar-refractivity contribution in [2.24, 2.45) is 0 Å². The summed E-state index contributed by atoms with van der Waals surface area (Å²) in [5.74, 6) is -0.544. The summed E-state index contributed by atoms with van der Waals surface area (Å²) in [6, 6.07) is 22.3. The van der Waals surface area contributed by atoms with Crippen LogP contribution in [0.3, 0.4) is 0 Å². The van der Waals surface area contributed by atoms with E-state index in [9.17, 15) is 9.59 Å². The van der Waals surface area contributed by atoms with Gasteiger partial charge in [0.25, 0.3) is 5.91 Å². The molecule has 1 N–H and O–H groups in total. The van der Waals surface area contributed by atoms with Gasteiger partial charge in [0, 0.05) is 6.54 Å². The van der Waals surface area contributed by atoms with E-state index >= 15 is 0 Å². The molecule has 3 rings (SSSR count). The molecule has 1 amide bonds. The van der Waals surface area contributed by atoms with Gasteiger partial charge in [-0.25, -0.2) is 4.79 Å². The minimum Gasteiger partial charge on any atom is -0.462 e. The van der Waals surface area contributed by atoms with Crippen LogP contribution >= 0.6 is 11.6 Å². The average Bonchev–Trinajstić information content (AvgIpc) is 2.74. The van der Waals surface area contributed by atoms with Crippen LogP contribution < -0.4 is 5.32 Å². The molecule has 0 saturated heterocycles. The van der Waals surface area contributed by atoms with Gasteiger partial charge in [0.1, 0.15) is 0 Å². The minimum absolute atomic E-state index is 0.211. The molecule has 5 heteroatoms. The van der Waals surface area contributed by atoms with Crippen LogP contribution in [0.1, 0.15) is 33.2 Å². The number of rotatable bonds is 7. The Morgan fingerprint density at radius 3 is 2.34 bits per heavy atom. The zero-order chi connectivity index (χ0) is 20.6. The highest BCUT2D eigenvalue weighted by molar-refractivity contribution is 6.34. The molecule has 0 bridgehead atoms. The summed E-state index contributed by atoms with van der Waals surface area (Å²) in [4.78, 5) is 24.5. The molecule has 29 heavy (non-hydrogen) atoms. The van der Waals surface area contributed by atoms with Gasteiger partial charge < -0.3 is 10.1 Å². The lowest BCUT2D eigenvalue weighted by atomic mass is 9.99. The minimum atomic E-state index is -0.334. The summed E-state index contributed by atoms with van der Waals surface area (Å²) in [7, 11) is 0. The fourth-order valence-corrected chi connectivity index (χ4v) is 3.30. The van der Waals surface area contributed by atoms with Crippen LogP contribution in [0.25, 0.3) is 11.1 Å². The Labute approximate surface area is 175 Å². The first-order valence-corrected chi connectivity index (χ1v) is 9.86. The Morgan fingerprint density at radius 1 is 0.931 bits per heavy atom. The van der Waals surface area contributed by atoms with Crippen LogP contribution in [0.2, 0.25) is 5.02 Å². The Balaban J connectivity index is 1.65. The van der Waals surface area contributed by atoms with Gasteiger partial charge in [-0.2, -0.15) is 0 Å². The number of esters is 1. The molecular weight excluding hydrogens is 386 g/mol. The summed E-state index contributed by atoms with van der Waals surface area (Å²) in [6.07, 6.45) is 0.639. The van der Waals surface area contributed by atoms with Crippen molar-refractivity contribution in [3.63, 3.8) is 0 Å². The van der Waals surface area contributed by atoms with Gasteiger partial charge >= 0.3 is 5.97 Å². The second kappa shape index (κ2) is 9.89. The first kappa shape index (κ1) is 20.6. The van der Waals surface area contributed by atoms with E-state index in [1.54, 1.807) is 25.1 Å². The predicted molar refractivity (Wildman–Crippen MR) is 115 cm³/mol. The molecule has 0 heterocycles. The van der Waals surface area contributed by atoms with E-state index in [0.717, 1.165) is 16.7 Å². The summed E-state index contributed by atoms with van der Waals surface area (Å²) >= 11 is 6.34. The van der Waals surface area contributed by atoms with Gasteiger partial charge in [0.05, 0.1) is 22.8 Å². The lowest BCUT2D eigenvalue weighted by Gasteiger charge is -2.12. The number of ether oxygens (including phenoxy) is 1. The number of nitrogens with one attached hydrogen (secondary N) is 1. The van der Waals surface area contributed by atoms with Gasteiger partial charge in [-0.15, -0.1) is 0 Å². The Bertz CT molecular complexity index is 985. The van der Waals surface area contributed by atoms with Crippen molar-refractivity contribution in [2.45, 2.75) is 13.3 Å². The van der Waals surface area contributed by atoms with E-state index in [1.807, 2.05) is 54.6 Å². The average molecular weight is 408 g/mol. The SMILES string of the molecule is CCOC(=O)c1ccc(CCNC(=O)c2c(Cl)cccc2-c2ccccc2)cc1. The van der Waals surface area contributed by atoms with Gasteiger partial charge in [-0.05, 0) is 48.2 Å². The second-order valence-corrected chi connectivity index (χ2v) is 6.86. The van der Waals surface area contributed by atoms with Crippen molar-refractivity contribution in [1.29, 1.82) is 0 Å². The molecule has 3 aromatic rings. The van der Waals surface area contributed by atoms with E-state index in [2.05, 4.69) is 5.32 Å². The number of hydrogen-bond acceptors (Lipinski definition) is 3. The van der Waals surface area contributed by atoms with Gasteiger partial charge in [-0.1, -0.05) is 66.2 Å². The number of carbonyl (C=O) groups excluding carboxylic acids is 2. The number of carbonyl (C=O) groups is 2. The molecule has 0 atom stereocenters. The van der Waals surface area contributed by atoms with Crippen molar-refractivity contribution in [3.8, 4) is 11.1 Å². The van der Waals surface area contributed by atoms with Crippen LogP contribution in [-0.2, 0) is 11.2 Å². The molecule has 0 fully saturated rings. The Kier molecular flexibility index (Phi) is 7.04. The van der Waals surface area contributed by atoms with Crippen LogP contribution in [-0.4, -0.2) is 25.0 Å². The molecule has 0 aliphatic heterocycles. The van der Waals surface area contributed by atoms with Crippen molar-refractivity contribution in [1.82, 2.24) is 5.32 Å². The second-order valence-electron chi connectivity index (χ2n) is 6.45. The zero-order valence-electron chi connectivity index (χ0n) is 16.2. The van der Waals surface area contributed by atoms with Crippen LogP contribution in [0.15, 0.2) is 72.8 Å². The first-order valence-electron chi connectivity index (χ1n) is 9.48. The molecular formula is C24H22ClNO3. The normalized spacial score (nSPS) is 10.4. The largest absolute Gasteiger partial charge is 0.462 e. The van der Waals surface area contributed by atoms with Crippen molar-refractivity contribution < 1.29 is 14.3 Å². The van der Waals surface area contributed by atoms with Gasteiger partial charge in [-0.3, -0.25) is 4.79 Å². The van der Waals surface area contributed by atoms with Crippen LogP contribution in [0.5, 0.6) is 0 Å². The molecule has 0 aliphatic rings. The fourth-order valence-electron chi connectivity index (χ4n) is 3.04. The Morgan fingerprint density at radius 2 is 1.66 bits per heavy atom. The summed E-state index contributed by atoms with van der Waals surface area (Å²) in [5, 5.41) is 3.36. The maximum atomic E-state index is 12.8. The monoisotopic (exact) mass is 407 g/mol. The molecule has 148 valence electrons. The van der Waals surface area contributed by atoms with Crippen molar-refractivity contribution in [3.05, 3.63) is 94.5 Å². The highest BCUT2D eigenvalue weighted by Gasteiger charge is 2.16. The molecule has 0 spiro atoms. The van der Waals surface area contributed by atoms with Gasteiger partial charge in [0.2, 0.25) is 0 Å². The van der Waals surface area contributed by atoms with Crippen LogP contribution in [0, 0.1) is 0 Å². The summed E-state index contributed by atoms with van der Waals surface area (Å²) in [5.41, 5.74) is 3.74. The number of amides is 1. The topological polar surface area (TPSA) is 55.4 Å². The molecule has 0 unspecified atom stereocenters. The van der Waals surface area contributed by atoms with E-state index in [1.165, 1.54) is 0 Å². The lowest BCUT2D eigenvalue weighted by Crippen LogP contribution is -2.26. The number of benzene rings is 3. The maximum absolute atomic E-state index is 12.8. The smallest absolute Gasteiger partial charge is 0.338 e. The van der Waals surface area contributed by atoms with Crippen molar-refractivity contribution >= 4 is 23.5 Å². The van der Waals surface area contributed by atoms with E-state index in [4.69, 9.17) is 16.3 Å². The highest BCUT2D eigenvalue weighted by atomic mass is 35.5. The number of halogens is 1. The van der Waals surface area contributed by atoms with E-state index < -0.39 is 0 Å². The standard InChI is InChI=1S/C24H22ClNO3/c1-2-29-24(28)19-13-11-17(12-14-19)15-16-26-23(27)22-20(9-6-10-21(22)25)18-7-4-3-5-8-18/h3-14H,2,15-16H2,1H3,(H,26,27). The van der Waals surface area contributed by atoms with E-state index in [-0.39, 0.29) is 11.9 Å². The van der Waals surface area contributed by atoms with Gasteiger partial charge in [0.15, 0.2) is 0 Å². The first-order chi connectivity index (χ1) is 14.1. The highest BCUT2D eigenvalue weighted by Crippen LogP contribution is 2.29. The summed E-state index contributed by atoms with van der Waals surface area (Å²) in [6.45, 7) is 2.58. The summed E-state index contributed by atoms with van der Waals surface area (Å²) < 4.78 is 4.98. The molecule has 4 nitrogen and oxygen atoms in total. The maximum Gasteiger partial charge on any atom is 0.338 e. The van der Waals surface area contributed by atoms with Crippen molar-refractivity contribution in [2.75, 3.05) is 13.2 Å². The lowest BCUT2D eigenvalue weighted by molar-refractivity contribution is 0.0526. The zero-order valence-corrected chi connectivity index (χ0v) is 16.9. The van der Waals surface area contributed by atoms with E-state index in [0.29, 0.717) is 35.7 Å². The number of hydrogen-bond donors (Lipinski definition) is 1. The third kappa shape index (κ3) is 5.24.